The van der Waals surface area contributed by atoms with Gasteiger partial charge in [0, 0.05) is 40.8 Å². The van der Waals surface area contributed by atoms with E-state index in [1.54, 1.807) is 38.4 Å². The van der Waals surface area contributed by atoms with Crippen LogP contribution in [0.25, 0.3) is 50.2 Å². The fourth-order valence-electron chi connectivity index (χ4n) is 7.35. The average Bonchev–Trinajstić information content (AvgIpc) is 3.76. The summed E-state index contributed by atoms with van der Waals surface area (Å²) >= 11 is 0. The van der Waals surface area contributed by atoms with E-state index in [1.165, 1.54) is 5.56 Å². The van der Waals surface area contributed by atoms with E-state index < -0.39 is 18.2 Å². The van der Waals surface area contributed by atoms with Gasteiger partial charge < -0.3 is 4.74 Å². The molecule has 8 rings (SSSR count). The van der Waals surface area contributed by atoms with Crippen molar-refractivity contribution in [1.82, 2.24) is 19.1 Å². The molecular formula is C48H49N5O. The summed E-state index contributed by atoms with van der Waals surface area (Å²) in [5.74, 6) is 0.375. The first-order valence-corrected chi connectivity index (χ1v) is 18.8. The standard InChI is InChI=1S/C48H49N5O/c1-8-34(9-2)35-13-12-14-37(27-35)51-31-52(43-16-11-10-15-42(43)51)46-30-39(22-24-49-46)54-38-18-20-41-40-19-17-36(48(5,6)7)28-44(40)53(45(41)29-38)47-26-33(21-23-50-47)25-32(3)4/h10-24,26-30,32,34H,8-9,25H2,1-7H3/i25D2,32D,34D. The van der Waals surface area contributed by atoms with Crippen LogP contribution < -0.4 is 9.30 Å². The van der Waals surface area contributed by atoms with Gasteiger partial charge in [0.1, 0.15) is 17.3 Å². The minimum atomic E-state index is -1.92. The van der Waals surface area contributed by atoms with Crippen LogP contribution >= 0.6 is 0 Å². The fourth-order valence-corrected chi connectivity index (χ4v) is 7.35. The van der Waals surface area contributed by atoms with Crippen molar-refractivity contribution in [1.29, 1.82) is 0 Å². The predicted molar refractivity (Wildman–Crippen MR) is 221 cm³/mol. The summed E-state index contributed by atoms with van der Waals surface area (Å²) in [4.78, 5) is 9.52. The smallest absolute Gasteiger partial charge is 0.271 e. The predicted octanol–water partition coefficient (Wildman–Crippen LogP) is 11.8. The van der Waals surface area contributed by atoms with Gasteiger partial charge in [0.05, 0.1) is 27.8 Å². The van der Waals surface area contributed by atoms with Gasteiger partial charge in [-0.25, -0.2) is 4.98 Å². The van der Waals surface area contributed by atoms with E-state index in [-0.39, 0.29) is 5.41 Å². The second kappa shape index (κ2) is 14.2. The first-order valence-electron chi connectivity index (χ1n) is 20.8. The van der Waals surface area contributed by atoms with Crippen LogP contribution in [0.5, 0.6) is 11.5 Å². The molecule has 0 N–H and O–H groups in total. The van der Waals surface area contributed by atoms with Gasteiger partial charge in [-0.1, -0.05) is 97.0 Å². The molecule has 0 saturated carbocycles. The van der Waals surface area contributed by atoms with Crippen LogP contribution in [0, 0.1) is 12.2 Å². The maximum atomic E-state index is 9.07. The van der Waals surface area contributed by atoms with Gasteiger partial charge in [0.25, 0.3) is 6.33 Å². The van der Waals surface area contributed by atoms with Crippen molar-refractivity contribution >= 4 is 32.8 Å². The molecule has 4 heterocycles. The summed E-state index contributed by atoms with van der Waals surface area (Å²) in [7, 11) is 0. The number of fused-ring (bicyclic) bond motifs is 4. The van der Waals surface area contributed by atoms with E-state index in [9.17, 15) is 0 Å². The third-order valence-corrected chi connectivity index (χ3v) is 10.1. The number of imidazole rings is 1. The van der Waals surface area contributed by atoms with Crippen molar-refractivity contribution in [2.75, 3.05) is 0 Å². The zero-order valence-corrected chi connectivity index (χ0v) is 32.1. The first kappa shape index (κ1) is 30.7. The zero-order chi connectivity index (χ0) is 41.2. The van der Waals surface area contributed by atoms with E-state index in [0.29, 0.717) is 28.7 Å². The molecule has 272 valence electrons. The van der Waals surface area contributed by atoms with E-state index in [1.807, 2.05) is 69.8 Å². The molecule has 0 radical (unpaired) electrons. The van der Waals surface area contributed by atoms with Crippen LogP contribution in [0.1, 0.15) is 89.4 Å². The molecule has 8 aromatic rings. The molecule has 0 aliphatic heterocycles. The van der Waals surface area contributed by atoms with Gasteiger partial charge in [0.2, 0.25) is 0 Å². The van der Waals surface area contributed by atoms with Crippen molar-refractivity contribution in [3.05, 3.63) is 145 Å². The van der Waals surface area contributed by atoms with E-state index in [2.05, 4.69) is 81.9 Å². The SMILES string of the molecule is [2H]C(CC)(CC)c1cccc(-[n+]2[c-]n(-c3cc(Oc4ccc5c6ccc(C(C)(C)C)cc6n(-c6cc(C([2H])([2H])C([2H])(C)C)ccn6)c5c4)ccn3)c3ccccc32)c1. The summed E-state index contributed by atoms with van der Waals surface area (Å²) in [6, 6.07) is 36.0. The number of aromatic nitrogens is 5. The number of pyridine rings is 2. The Kier molecular flexibility index (Phi) is 8.09. The molecule has 0 amide bonds. The highest BCUT2D eigenvalue weighted by atomic mass is 16.5. The minimum Gasteiger partial charge on any atom is -0.458 e. The maximum Gasteiger partial charge on any atom is 0.271 e. The van der Waals surface area contributed by atoms with Gasteiger partial charge in [-0.05, 0) is 102 Å². The van der Waals surface area contributed by atoms with Gasteiger partial charge in [-0.2, -0.15) is 0 Å². The maximum absolute atomic E-state index is 9.07. The number of hydrogen-bond donors (Lipinski definition) is 0. The van der Waals surface area contributed by atoms with Gasteiger partial charge in [-0.3, -0.25) is 18.7 Å². The Morgan fingerprint density at radius 2 is 1.48 bits per heavy atom. The van der Waals surface area contributed by atoms with Crippen molar-refractivity contribution in [3.8, 4) is 28.8 Å². The molecule has 0 saturated heterocycles. The lowest BCUT2D eigenvalue weighted by atomic mass is 9.86. The molecular weight excluding hydrogens is 663 g/mol. The van der Waals surface area contributed by atoms with Gasteiger partial charge in [-0.15, -0.1) is 0 Å². The van der Waals surface area contributed by atoms with Crippen LogP contribution in [-0.2, 0) is 11.8 Å². The van der Waals surface area contributed by atoms with Crippen LogP contribution in [0.3, 0.4) is 0 Å². The Hall–Kier alpha value is -5.75. The number of para-hydroxylation sites is 2. The molecule has 54 heavy (non-hydrogen) atoms. The fraction of sp³-hybridized carbons (Fsp3) is 0.271. The lowest BCUT2D eigenvalue weighted by Gasteiger charge is -2.19. The van der Waals surface area contributed by atoms with E-state index in [0.717, 1.165) is 56.9 Å². The van der Waals surface area contributed by atoms with Gasteiger partial charge in [0.15, 0.2) is 5.82 Å². The molecule has 6 heteroatoms. The molecule has 0 spiro atoms. The lowest BCUT2D eigenvalue weighted by molar-refractivity contribution is -0.572. The number of rotatable bonds is 10. The Balaban J connectivity index is 1.22. The largest absolute Gasteiger partial charge is 0.458 e. The summed E-state index contributed by atoms with van der Waals surface area (Å²) in [5, 5.41) is 2.06. The third kappa shape index (κ3) is 6.66. The third-order valence-electron chi connectivity index (χ3n) is 10.1. The van der Waals surface area contributed by atoms with Crippen LogP contribution in [0.2, 0.25) is 0 Å². The first-order chi connectivity index (χ1) is 27.5. The number of hydrogen-bond acceptors (Lipinski definition) is 3. The molecule has 4 aromatic heterocycles. The monoisotopic (exact) mass is 715 g/mol. The Morgan fingerprint density at radius 1 is 0.759 bits per heavy atom. The highest BCUT2D eigenvalue weighted by Gasteiger charge is 2.20. The van der Waals surface area contributed by atoms with Crippen LogP contribution in [0.4, 0.5) is 0 Å². The molecule has 0 unspecified atom stereocenters. The summed E-state index contributed by atoms with van der Waals surface area (Å²) < 4.78 is 48.0. The Labute approximate surface area is 324 Å². The second-order valence-corrected chi connectivity index (χ2v) is 15.1. The van der Waals surface area contributed by atoms with Gasteiger partial charge >= 0.3 is 0 Å². The molecule has 6 nitrogen and oxygen atoms in total. The van der Waals surface area contributed by atoms with Crippen LogP contribution in [-0.4, -0.2) is 19.1 Å². The highest BCUT2D eigenvalue weighted by Crippen LogP contribution is 2.37. The average molecular weight is 716 g/mol. The van der Waals surface area contributed by atoms with Crippen LogP contribution in [0.15, 0.2) is 122 Å². The molecule has 0 bridgehead atoms. The second-order valence-electron chi connectivity index (χ2n) is 15.1. The molecule has 4 aromatic carbocycles. The number of benzene rings is 4. The summed E-state index contributed by atoms with van der Waals surface area (Å²) in [6.07, 6.45) is 6.42. The van der Waals surface area contributed by atoms with Crippen molar-refractivity contribution in [3.63, 3.8) is 0 Å². The number of nitrogens with zero attached hydrogens (tertiary/aromatic N) is 5. The Bertz CT molecular complexity index is 2820. The summed E-state index contributed by atoms with van der Waals surface area (Å²) in [6.45, 7) is 13.9. The quantitative estimate of drug-likeness (QED) is 0.105. The van der Waals surface area contributed by atoms with Crippen molar-refractivity contribution in [2.24, 2.45) is 5.89 Å². The van der Waals surface area contributed by atoms with Crippen molar-refractivity contribution in [2.45, 2.75) is 79.0 Å². The lowest BCUT2D eigenvalue weighted by Crippen LogP contribution is -2.29. The zero-order valence-electron chi connectivity index (χ0n) is 36.1. The molecule has 0 atom stereocenters. The van der Waals surface area contributed by atoms with Crippen molar-refractivity contribution < 1.29 is 14.8 Å². The number of ether oxygens (including phenoxy) is 1. The summed E-state index contributed by atoms with van der Waals surface area (Å²) in [5.41, 5.74) is 7.06. The molecule has 0 aliphatic carbocycles. The molecule has 0 aliphatic rings. The topological polar surface area (TPSA) is 48.8 Å². The van der Waals surface area contributed by atoms with E-state index in [4.69, 9.17) is 20.2 Å². The minimum absolute atomic E-state index is 0.103. The Morgan fingerprint density at radius 3 is 2.26 bits per heavy atom. The molecule has 0 fully saturated rings. The normalized spacial score (nSPS) is 13.9. The van der Waals surface area contributed by atoms with E-state index >= 15 is 0 Å². The highest BCUT2D eigenvalue weighted by molar-refractivity contribution is 6.09.